The molecule has 17 heavy (non-hydrogen) atoms. The third-order valence-electron chi connectivity index (χ3n) is 2.01. The van der Waals surface area contributed by atoms with Gasteiger partial charge in [0.05, 0.1) is 23.6 Å². The average Bonchev–Trinajstić information content (AvgIpc) is 2.67. The molecular formula is C8H6BrClNO5P. The lowest BCUT2D eigenvalue weighted by molar-refractivity contribution is 0.210. The molecule has 2 aromatic rings. The van der Waals surface area contributed by atoms with E-state index in [4.69, 9.17) is 16.5 Å². The average molecular weight is 342 g/mol. The molecule has 1 unspecified atom stereocenters. The largest absolute Gasteiger partial charge is 0.577 e. The molecule has 0 amide bonds. The molecule has 0 fully saturated rings. The van der Waals surface area contributed by atoms with Crippen LogP contribution in [0.1, 0.15) is 0 Å². The molecule has 0 saturated heterocycles. The zero-order chi connectivity index (χ0) is 12.5. The summed E-state index contributed by atoms with van der Waals surface area (Å²) in [5.74, 6) is -0.0312. The van der Waals surface area contributed by atoms with Crippen molar-refractivity contribution < 1.29 is 22.0 Å². The minimum Gasteiger partial charge on any atom is -0.506 e. The number of hydrogen-bond acceptors (Lipinski definition) is 5. The Hall–Kier alpha value is -0.720. The number of fused-ring (bicyclic) bond motifs is 1. The number of aromatic hydroxyl groups is 1. The molecule has 0 aliphatic heterocycles. The Bertz CT molecular complexity index is 580. The van der Waals surface area contributed by atoms with Gasteiger partial charge in [0.1, 0.15) is 22.0 Å². The molecule has 0 bridgehead atoms. The van der Waals surface area contributed by atoms with Crippen molar-refractivity contribution >= 4 is 46.9 Å². The maximum atomic E-state index is 11.6. The molecule has 0 aliphatic rings. The molecule has 1 aromatic carbocycles. The van der Waals surface area contributed by atoms with Gasteiger partial charge in [-0.1, -0.05) is 12.1 Å². The molecule has 6 nitrogen and oxygen atoms in total. The number of benzene rings is 1. The van der Waals surface area contributed by atoms with E-state index in [9.17, 15) is 9.67 Å². The lowest BCUT2D eigenvalue weighted by Crippen LogP contribution is -2.07. The number of para-hydroxylation sites is 1. The van der Waals surface area contributed by atoms with E-state index in [1.807, 2.05) is 0 Å². The molecule has 9 heteroatoms. The zero-order valence-corrected chi connectivity index (χ0v) is 11.4. The predicted molar refractivity (Wildman–Crippen MR) is 64.7 cm³/mol. The Morgan fingerprint density at radius 2 is 2.12 bits per heavy atom. The van der Waals surface area contributed by atoms with Crippen LogP contribution < -0.4 is 4.62 Å². The van der Waals surface area contributed by atoms with Crippen molar-refractivity contribution in [1.29, 1.82) is 0 Å². The highest BCUT2D eigenvalue weighted by atomic mass is 79.9. The molecular weight excluding hydrogens is 336 g/mol. The summed E-state index contributed by atoms with van der Waals surface area (Å²) in [5.41, 5.74) is 0.489. The Balaban J connectivity index is 2.47. The summed E-state index contributed by atoms with van der Waals surface area (Å²) in [6.45, 7) is 0. The summed E-state index contributed by atoms with van der Waals surface area (Å²) in [6.07, 6.45) is 1.22. The Kier molecular flexibility index (Phi) is 3.65. The maximum absolute atomic E-state index is 11.6. The quantitative estimate of drug-likeness (QED) is 0.863. The van der Waals surface area contributed by atoms with Crippen molar-refractivity contribution in [1.82, 2.24) is 4.73 Å². The van der Waals surface area contributed by atoms with Crippen molar-refractivity contribution in [2.24, 2.45) is 0 Å². The fraction of sp³-hybridized carbons (Fsp3) is 0. The van der Waals surface area contributed by atoms with Gasteiger partial charge in [-0.15, -0.1) is 0 Å². The van der Waals surface area contributed by atoms with E-state index in [1.165, 1.54) is 6.20 Å². The number of rotatable bonds is 4. The highest BCUT2D eigenvalue weighted by molar-refractivity contribution is 9.06. The van der Waals surface area contributed by atoms with Crippen molar-refractivity contribution in [3.8, 4) is 5.75 Å². The molecule has 1 N–H and O–H groups in total. The Labute approximate surface area is 110 Å². The van der Waals surface area contributed by atoms with Crippen LogP contribution >= 0.6 is 35.9 Å². The number of aromatic nitrogens is 1. The van der Waals surface area contributed by atoms with Gasteiger partial charge in [0.25, 0.3) is 0 Å². The highest BCUT2D eigenvalue weighted by Gasteiger charge is 2.30. The van der Waals surface area contributed by atoms with Gasteiger partial charge in [0.2, 0.25) is 0 Å². The number of hydrogen-bond donors (Lipinski definition) is 1. The van der Waals surface area contributed by atoms with Crippen molar-refractivity contribution in [2.45, 2.75) is 0 Å². The number of nitrogens with zero attached hydrogens (tertiary/aromatic N) is 1. The standard InChI is InChI=1S/C8H6BrClNO5P/c9-14-17(13,15-10)16-11-5-8(12)6-3-1-2-4-7(6)11/h1-5,12H. The van der Waals surface area contributed by atoms with Gasteiger partial charge in [-0.05, 0) is 12.1 Å². The molecule has 0 aliphatic carbocycles. The maximum Gasteiger partial charge on any atom is 0.577 e. The summed E-state index contributed by atoms with van der Waals surface area (Å²) in [7, 11) is -3.96. The van der Waals surface area contributed by atoms with Gasteiger partial charge < -0.3 is 9.73 Å². The number of halogens is 2. The molecule has 1 heterocycles. The van der Waals surface area contributed by atoms with Crippen molar-refractivity contribution in [3.63, 3.8) is 0 Å². The Morgan fingerprint density at radius 3 is 2.76 bits per heavy atom. The highest BCUT2D eigenvalue weighted by Crippen LogP contribution is 2.50. The van der Waals surface area contributed by atoms with Gasteiger partial charge in [-0.3, -0.25) is 0 Å². The van der Waals surface area contributed by atoms with Crippen molar-refractivity contribution in [3.05, 3.63) is 30.5 Å². The molecule has 92 valence electrons. The second kappa shape index (κ2) is 4.88. The van der Waals surface area contributed by atoms with Crippen LogP contribution in [-0.4, -0.2) is 9.84 Å². The minimum atomic E-state index is -3.96. The van der Waals surface area contributed by atoms with Crippen LogP contribution in [-0.2, 0) is 12.3 Å². The number of phosphoric acid groups is 1. The Morgan fingerprint density at radius 1 is 1.41 bits per heavy atom. The van der Waals surface area contributed by atoms with Crippen molar-refractivity contribution in [2.75, 3.05) is 0 Å². The van der Waals surface area contributed by atoms with Crippen LogP contribution in [0, 0.1) is 0 Å². The van der Waals surface area contributed by atoms with Crippen LogP contribution in [0.2, 0.25) is 0 Å². The van der Waals surface area contributed by atoms with Gasteiger partial charge in [-0.25, -0.2) is 4.57 Å². The van der Waals surface area contributed by atoms with Crippen LogP contribution in [0.4, 0.5) is 0 Å². The van der Waals surface area contributed by atoms with Crippen LogP contribution in [0.3, 0.4) is 0 Å². The van der Waals surface area contributed by atoms with Gasteiger partial charge >= 0.3 is 7.82 Å². The molecule has 0 saturated carbocycles. The lowest BCUT2D eigenvalue weighted by atomic mass is 10.2. The summed E-state index contributed by atoms with van der Waals surface area (Å²) in [4.78, 5) is 0. The molecule has 0 radical (unpaired) electrons. The third kappa shape index (κ3) is 2.43. The van der Waals surface area contributed by atoms with E-state index in [0.29, 0.717) is 10.9 Å². The van der Waals surface area contributed by atoms with E-state index >= 15 is 0 Å². The topological polar surface area (TPSA) is 69.9 Å². The zero-order valence-electron chi connectivity index (χ0n) is 8.12. The second-order valence-corrected chi connectivity index (χ2v) is 5.64. The summed E-state index contributed by atoms with van der Waals surface area (Å²) < 4.78 is 26.0. The third-order valence-corrected chi connectivity index (χ3v) is 4.30. The molecule has 2 rings (SSSR count). The van der Waals surface area contributed by atoms with Crippen LogP contribution in [0.5, 0.6) is 5.75 Å². The molecule has 1 aromatic heterocycles. The fourth-order valence-corrected chi connectivity index (χ4v) is 2.47. The first-order chi connectivity index (χ1) is 8.09. The molecule has 0 spiro atoms. The second-order valence-electron chi connectivity index (χ2n) is 3.02. The van der Waals surface area contributed by atoms with E-state index in [1.54, 1.807) is 24.3 Å². The monoisotopic (exact) mass is 341 g/mol. The normalized spacial score (nSPS) is 14.7. The first-order valence-corrected chi connectivity index (χ1v) is 6.71. The molecule has 1 atom stereocenters. The lowest BCUT2D eigenvalue weighted by Gasteiger charge is -2.11. The van der Waals surface area contributed by atoms with Gasteiger partial charge in [-0.2, -0.15) is 12.4 Å². The van der Waals surface area contributed by atoms with E-state index < -0.39 is 7.82 Å². The van der Waals surface area contributed by atoms with Gasteiger partial charge in [0, 0.05) is 5.39 Å². The van der Waals surface area contributed by atoms with E-state index in [0.717, 1.165) is 4.73 Å². The smallest absolute Gasteiger partial charge is 0.506 e. The van der Waals surface area contributed by atoms with Crippen LogP contribution in [0.25, 0.3) is 10.9 Å². The first kappa shape index (κ1) is 12.7. The SMILES string of the molecule is O=P(OCl)(OBr)On1cc(O)c2ccccc21. The predicted octanol–water partition coefficient (Wildman–Crippen LogP) is 3.38. The van der Waals surface area contributed by atoms with Crippen LogP contribution in [0.15, 0.2) is 30.5 Å². The summed E-state index contributed by atoms with van der Waals surface area (Å²) in [5, 5.41) is 10.1. The minimum absolute atomic E-state index is 0.0312. The summed E-state index contributed by atoms with van der Waals surface area (Å²) >= 11 is 7.48. The summed E-state index contributed by atoms with van der Waals surface area (Å²) in [6, 6.07) is 6.79. The van der Waals surface area contributed by atoms with Gasteiger partial charge in [0.15, 0.2) is 0 Å². The first-order valence-electron chi connectivity index (χ1n) is 4.29. The fourth-order valence-electron chi connectivity index (χ4n) is 1.34. The van der Waals surface area contributed by atoms with E-state index in [-0.39, 0.29) is 5.75 Å². The van der Waals surface area contributed by atoms with E-state index in [2.05, 4.69) is 23.9 Å².